The smallest absolute Gasteiger partial charge is 0.404 e. The predicted octanol–water partition coefficient (Wildman–Crippen LogP) is 0.424. The Morgan fingerprint density at radius 2 is 2.36 bits per heavy atom. The SMILES string of the molecule is Cc1ccn(CCNC(=O)O)c(=O)c1. The van der Waals surface area contributed by atoms with Gasteiger partial charge in [0.25, 0.3) is 5.56 Å². The molecule has 1 heterocycles. The fourth-order valence-corrected chi connectivity index (χ4v) is 1.07. The Hall–Kier alpha value is -1.78. The van der Waals surface area contributed by atoms with Crippen molar-refractivity contribution in [3.8, 4) is 0 Å². The highest BCUT2D eigenvalue weighted by molar-refractivity contribution is 5.64. The molecule has 0 saturated carbocycles. The molecule has 1 aromatic rings. The van der Waals surface area contributed by atoms with Crippen molar-refractivity contribution in [2.75, 3.05) is 6.54 Å². The summed E-state index contributed by atoms with van der Waals surface area (Å²) in [6.07, 6.45) is 0.575. The fraction of sp³-hybridized carbons (Fsp3) is 0.333. The van der Waals surface area contributed by atoms with Crippen molar-refractivity contribution in [1.29, 1.82) is 0 Å². The minimum Gasteiger partial charge on any atom is -0.465 e. The van der Waals surface area contributed by atoms with Crippen molar-refractivity contribution in [3.63, 3.8) is 0 Å². The zero-order chi connectivity index (χ0) is 10.6. The first-order valence-electron chi connectivity index (χ1n) is 4.23. The van der Waals surface area contributed by atoms with E-state index in [9.17, 15) is 9.59 Å². The zero-order valence-corrected chi connectivity index (χ0v) is 7.86. The Morgan fingerprint density at radius 1 is 1.64 bits per heavy atom. The lowest BCUT2D eigenvalue weighted by Gasteiger charge is -2.05. The van der Waals surface area contributed by atoms with Gasteiger partial charge in [0.1, 0.15) is 0 Å². The van der Waals surface area contributed by atoms with Gasteiger partial charge in [-0.3, -0.25) is 4.79 Å². The second kappa shape index (κ2) is 4.45. The largest absolute Gasteiger partial charge is 0.465 e. The molecule has 0 fully saturated rings. The van der Waals surface area contributed by atoms with Gasteiger partial charge in [-0.25, -0.2) is 4.79 Å². The van der Waals surface area contributed by atoms with Crippen LogP contribution in [0, 0.1) is 6.92 Å². The van der Waals surface area contributed by atoms with Gasteiger partial charge < -0.3 is 15.0 Å². The molecular formula is C9H12N2O3. The van der Waals surface area contributed by atoms with E-state index >= 15 is 0 Å². The standard InChI is InChI=1S/C9H12N2O3/c1-7-2-4-11(8(12)6-7)5-3-10-9(13)14/h2,4,6,10H,3,5H2,1H3,(H,13,14). The van der Waals surface area contributed by atoms with E-state index in [0.717, 1.165) is 5.56 Å². The molecular weight excluding hydrogens is 184 g/mol. The fourth-order valence-electron chi connectivity index (χ4n) is 1.07. The lowest BCUT2D eigenvalue weighted by Crippen LogP contribution is -2.29. The zero-order valence-electron chi connectivity index (χ0n) is 7.86. The van der Waals surface area contributed by atoms with E-state index in [0.29, 0.717) is 6.54 Å². The highest BCUT2D eigenvalue weighted by Crippen LogP contribution is 1.90. The van der Waals surface area contributed by atoms with Crippen LogP contribution in [0.2, 0.25) is 0 Å². The molecule has 0 spiro atoms. The van der Waals surface area contributed by atoms with E-state index in [1.165, 1.54) is 10.6 Å². The normalized spacial score (nSPS) is 9.79. The van der Waals surface area contributed by atoms with E-state index in [-0.39, 0.29) is 12.1 Å². The number of hydrogen-bond acceptors (Lipinski definition) is 2. The molecule has 0 aromatic carbocycles. The number of pyridine rings is 1. The van der Waals surface area contributed by atoms with E-state index < -0.39 is 6.09 Å². The van der Waals surface area contributed by atoms with Crippen LogP contribution in [0.15, 0.2) is 23.1 Å². The van der Waals surface area contributed by atoms with Crippen LogP contribution < -0.4 is 10.9 Å². The predicted molar refractivity (Wildman–Crippen MR) is 51.5 cm³/mol. The molecule has 0 aliphatic heterocycles. The number of nitrogens with one attached hydrogen (secondary N) is 1. The van der Waals surface area contributed by atoms with Gasteiger partial charge in [0, 0.05) is 25.4 Å². The van der Waals surface area contributed by atoms with Crippen LogP contribution in [0.4, 0.5) is 4.79 Å². The minimum atomic E-state index is -1.08. The van der Waals surface area contributed by atoms with Crippen LogP contribution in [0.1, 0.15) is 5.56 Å². The van der Waals surface area contributed by atoms with Gasteiger partial charge in [-0.1, -0.05) is 0 Å². The molecule has 0 unspecified atom stereocenters. The number of aromatic nitrogens is 1. The Labute approximate surface area is 81.0 Å². The highest BCUT2D eigenvalue weighted by Gasteiger charge is 1.97. The molecule has 0 aliphatic carbocycles. The van der Waals surface area contributed by atoms with Crippen LogP contribution in [0.5, 0.6) is 0 Å². The Bertz CT molecular complexity index is 384. The quantitative estimate of drug-likeness (QED) is 0.736. The second-order valence-corrected chi connectivity index (χ2v) is 2.97. The van der Waals surface area contributed by atoms with Gasteiger partial charge in [-0.05, 0) is 18.6 Å². The summed E-state index contributed by atoms with van der Waals surface area (Å²) >= 11 is 0. The molecule has 5 nitrogen and oxygen atoms in total. The Balaban J connectivity index is 2.59. The van der Waals surface area contributed by atoms with Gasteiger partial charge in [0.15, 0.2) is 0 Å². The minimum absolute atomic E-state index is 0.114. The topological polar surface area (TPSA) is 71.3 Å². The van der Waals surface area contributed by atoms with Crippen LogP contribution in [-0.2, 0) is 6.54 Å². The van der Waals surface area contributed by atoms with E-state index in [1.54, 1.807) is 6.20 Å². The molecule has 1 rings (SSSR count). The van der Waals surface area contributed by atoms with E-state index in [2.05, 4.69) is 5.32 Å². The molecule has 0 aliphatic rings. The number of carbonyl (C=O) groups is 1. The van der Waals surface area contributed by atoms with Crippen molar-refractivity contribution >= 4 is 6.09 Å². The average Bonchev–Trinajstić information content (AvgIpc) is 2.08. The van der Waals surface area contributed by atoms with Crippen LogP contribution in [0.25, 0.3) is 0 Å². The molecule has 0 saturated heterocycles. The first kappa shape index (κ1) is 10.3. The first-order chi connectivity index (χ1) is 6.59. The number of rotatable bonds is 3. The molecule has 1 amide bonds. The number of nitrogens with zero attached hydrogens (tertiary/aromatic N) is 1. The maximum Gasteiger partial charge on any atom is 0.404 e. The highest BCUT2D eigenvalue weighted by atomic mass is 16.4. The van der Waals surface area contributed by atoms with Crippen molar-refractivity contribution in [2.45, 2.75) is 13.5 Å². The molecule has 0 bridgehead atoms. The van der Waals surface area contributed by atoms with Crippen LogP contribution in [0.3, 0.4) is 0 Å². The van der Waals surface area contributed by atoms with Crippen molar-refractivity contribution < 1.29 is 9.90 Å². The molecule has 1 aromatic heterocycles. The van der Waals surface area contributed by atoms with Gasteiger partial charge in [-0.2, -0.15) is 0 Å². The molecule has 5 heteroatoms. The third kappa shape index (κ3) is 2.93. The molecule has 14 heavy (non-hydrogen) atoms. The monoisotopic (exact) mass is 196 g/mol. The lowest BCUT2D eigenvalue weighted by atomic mass is 10.3. The Kier molecular flexibility index (Phi) is 3.28. The van der Waals surface area contributed by atoms with Gasteiger partial charge >= 0.3 is 6.09 Å². The van der Waals surface area contributed by atoms with Crippen LogP contribution in [-0.4, -0.2) is 22.3 Å². The van der Waals surface area contributed by atoms with Crippen LogP contribution >= 0.6 is 0 Å². The summed E-state index contributed by atoms with van der Waals surface area (Å²) in [6, 6.07) is 3.32. The summed E-state index contributed by atoms with van der Waals surface area (Å²) in [7, 11) is 0. The summed E-state index contributed by atoms with van der Waals surface area (Å²) < 4.78 is 1.46. The molecule has 0 radical (unpaired) electrons. The summed E-state index contributed by atoms with van der Waals surface area (Å²) in [5, 5.41) is 10.5. The summed E-state index contributed by atoms with van der Waals surface area (Å²) in [6.45, 7) is 2.42. The maximum absolute atomic E-state index is 11.3. The summed E-state index contributed by atoms with van der Waals surface area (Å²) in [5.41, 5.74) is 0.787. The molecule has 2 N–H and O–H groups in total. The maximum atomic E-state index is 11.3. The van der Waals surface area contributed by atoms with Crippen molar-refractivity contribution in [3.05, 3.63) is 34.2 Å². The number of aryl methyl sites for hydroxylation is 1. The van der Waals surface area contributed by atoms with Gasteiger partial charge in [-0.15, -0.1) is 0 Å². The number of carboxylic acid groups (broad SMARTS) is 1. The summed E-state index contributed by atoms with van der Waals surface area (Å²) in [5.74, 6) is 0. The van der Waals surface area contributed by atoms with Gasteiger partial charge in [0.05, 0.1) is 0 Å². The summed E-state index contributed by atoms with van der Waals surface area (Å²) in [4.78, 5) is 21.4. The van der Waals surface area contributed by atoms with Crippen molar-refractivity contribution in [1.82, 2.24) is 9.88 Å². The second-order valence-electron chi connectivity index (χ2n) is 2.97. The lowest BCUT2D eigenvalue weighted by molar-refractivity contribution is 0.194. The molecule has 0 atom stereocenters. The number of amides is 1. The van der Waals surface area contributed by atoms with Crippen molar-refractivity contribution in [2.24, 2.45) is 0 Å². The molecule has 76 valence electrons. The third-order valence-electron chi connectivity index (χ3n) is 1.78. The Morgan fingerprint density at radius 3 is 2.93 bits per heavy atom. The first-order valence-corrected chi connectivity index (χ1v) is 4.23. The van der Waals surface area contributed by atoms with Gasteiger partial charge in [0.2, 0.25) is 0 Å². The number of hydrogen-bond donors (Lipinski definition) is 2. The average molecular weight is 196 g/mol. The van der Waals surface area contributed by atoms with E-state index in [4.69, 9.17) is 5.11 Å². The third-order valence-corrected chi connectivity index (χ3v) is 1.78. The van der Waals surface area contributed by atoms with E-state index in [1.807, 2.05) is 13.0 Å².